The highest BCUT2D eigenvalue weighted by Gasteiger charge is 2.50. The van der Waals surface area contributed by atoms with Crippen molar-refractivity contribution in [3.05, 3.63) is 47.9 Å². The number of nitrogens with zero attached hydrogens (tertiary/aromatic N) is 2. The second-order valence-corrected chi connectivity index (χ2v) is 11.1. The molecule has 0 radical (unpaired) electrons. The third-order valence-corrected chi connectivity index (χ3v) is 8.72. The number of ether oxygens (including phenoxy) is 1. The van der Waals surface area contributed by atoms with E-state index in [1.807, 2.05) is 0 Å². The molecule has 3 aliphatic heterocycles. The Hall–Kier alpha value is -3.15. The highest BCUT2D eigenvalue weighted by atomic mass is 32.2. The Bertz CT molecular complexity index is 1190. The number of amides is 2. The van der Waals surface area contributed by atoms with E-state index in [9.17, 15) is 26.8 Å². The van der Waals surface area contributed by atoms with Gasteiger partial charge in [-0.3, -0.25) is 9.69 Å². The molecule has 9 nitrogen and oxygen atoms in total. The van der Waals surface area contributed by atoms with E-state index in [2.05, 4.69) is 5.32 Å². The van der Waals surface area contributed by atoms with Gasteiger partial charge in [-0.15, -0.1) is 0 Å². The molecule has 0 aliphatic carbocycles. The summed E-state index contributed by atoms with van der Waals surface area (Å²) < 4.78 is 63.3. The molecule has 1 N–H and O–H groups in total. The number of anilines is 2. The average molecular weight is 496 g/mol. The topological polar surface area (TPSA) is 109 Å². The predicted octanol–water partition coefficient (Wildman–Crippen LogP) is 2.33. The number of carbonyl (C=O) groups excluding carboxylic acids is 2. The van der Waals surface area contributed by atoms with Crippen LogP contribution in [0.1, 0.15) is 23.4 Å². The maximum absolute atomic E-state index is 15.0. The molecule has 3 aliphatic rings. The van der Waals surface area contributed by atoms with Crippen LogP contribution in [0.4, 0.5) is 25.0 Å². The molecule has 5 rings (SSSR count). The number of carbonyl (C=O) groups is 2. The SMILES string of the molecule is O=C(NC[C@H]1CN(c2cc(F)c(N3CCC4(CC3)CS(=O)(=O)C4)c(F)c2)C(=O)O1)c1ccco1. The van der Waals surface area contributed by atoms with Crippen molar-refractivity contribution < 1.29 is 35.9 Å². The van der Waals surface area contributed by atoms with Crippen LogP contribution in [0.2, 0.25) is 0 Å². The van der Waals surface area contributed by atoms with Crippen molar-refractivity contribution in [3.8, 4) is 0 Å². The fraction of sp³-hybridized carbons (Fsp3) is 0.455. The van der Waals surface area contributed by atoms with Gasteiger partial charge in [0.1, 0.15) is 11.8 Å². The Labute approximate surface area is 194 Å². The lowest BCUT2D eigenvalue weighted by Gasteiger charge is -2.47. The Morgan fingerprint density at radius 2 is 1.85 bits per heavy atom. The Morgan fingerprint density at radius 3 is 2.44 bits per heavy atom. The van der Waals surface area contributed by atoms with Gasteiger partial charge in [0.05, 0.1) is 36.5 Å². The number of cyclic esters (lactones) is 1. The average Bonchev–Trinajstić information content (AvgIpc) is 3.41. The number of sulfone groups is 1. The van der Waals surface area contributed by atoms with E-state index in [1.54, 1.807) is 11.0 Å². The number of hydrogen-bond donors (Lipinski definition) is 1. The number of rotatable bonds is 5. The smallest absolute Gasteiger partial charge is 0.414 e. The number of furan rings is 1. The summed E-state index contributed by atoms with van der Waals surface area (Å²) in [5.74, 6) is -1.70. The molecule has 0 unspecified atom stereocenters. The molecule has 1 aromatic heterocycles. The number of nitrogens with one attached hydrogen (secondary N) is 1. The van der Waals surface area contributed by atoms with Crippen LogP contribution < -0.4 is 15.1 Å². The summed E-state index contributed by atoms with van der Waals surface area (Å²) in [5, 5.41) is 2.59. The van der Waals surface area contributed by atoms with Crippen LogP contribution in [0.5, 0.6) is 0 Å². The zero-order chi connectivity index (χ0) is 24.1. The van der Waals surface area contributed by atoms with Gasteiger partial charge in [-0.05, 0) is 25.0 Å². The zero-order valence-electron chi connectivity index (χ0n) is 18.1. The van der Waals surface area contributed by atoms with Crippen molar-refractivity contribution in [2.45, 2.75) is 18.9 Å². The van der Waals surface area contributed by atoms with Crippen molar-refractivity contribution in [1.82, 2.24) is 5.32 Å². The zero-order valence-corrected chi connectivity index (χ0v) is 18.9. The van der Waals surface area contributed by atoms with Gasteiger partial charge in [-0.2, -0.15) is 0 Å². The first kappa shape index (κ1) is 22.6. The molecule has 12 heteroatoms. The number of halogens is 2. The fourth-order valence-corrected chi connectivity index (χ4v) is 7.29. The minimum Gasteiger partial charge on any atom is -0.459 e. The first-order valence-electron chi connectivity index (χ1n) is 10.9. The molecule has 1 atom stereocenters. The van der Waals surface area contributed by atoms with Crippen LogP contribution >= 0.6 is 0 Å². The van der Waals surface area contributed by atoms with E-state index >= 15 is 0 Å². The fourth-order valence-electron chi connectivity index (χ4n) is 4.93. The largest absolute Gasteiger partial charge is 0.459 e. The molecule has 0 bridgehead atoms. The third-order valence-electron chi connectivity index (χ3n) is 6.62. The lowest BCUT2D eigenvalue weighted by Crippen LogP contribution is -2.54. The van der Waals surface area contributed by atoms with Gasteiger partial charge in [-0.25, -0.2) is 22.0 Å². The van der Waals surface area contributed by atoms with Gasteiger partial charge < -0.3 is 19.4 Å². The molecule has 1 spiro atoms. The van der Waals surface area contributed by atoms with Gasteiger partial charge in [0, 0.05) is 30.6 Å². The summed E-state index contributed by atoms with van der Waals surface area (Å²) in [4.78, 5) is 27.0. The molecular weight excluding hydrogens is 472 g/mol. The minimum atomic E-state index is -2.98. The molecule has 3 saturated heterocycles. The number of hydrogen-bond acceptors (Lipinski definition) is 7. The normalized spacial score (nSPS) is 23.0. The maximum Gasteiger partial charge on any atom is 0.414 e. The van der Waals surface area contributed by atoms with Crippen LogP contribution in [0.15, 0.2) is 34.9 Å². The van der Waals surface area contributed by atoms with E-state index < -0.39 is 39.6 Å². The van der Waals surface area contributed by atoms with Gasteiger partial charge in [0.2, 0.25) is 0 Å². The molecular formula is C22H23F2N3O6S. The Kier molecular flexibility index (Phi) is 5.50. The van der Waals surface area contributed by atoms with Crippen LogP contribution in [0, 0.1) is 17.0 Å². The molecule has 3 fully saturated rings. The highest BCUT2D eigenvalue weighted by molar-refractivity contribution is 7.92. The minimum absolute atomic E-state index is 0.00999. The summed E-state index contributed by atoms with van der Waals surface area (Å²) in [6.45, 7) is 0.726. The third kappa shape index (κ3) is 4.22. The molecule has 0 saturated carbocycles. The molecule has 1 aromatic carbocycles. The summed E-state index contributed by atoms with van der Waals surface area (Å²) in [5.41, 5.74) is -0.444. The standard InChI is InChI=1S/C22H23F2N3O6S/c23-16-8-14(27-11-15(33-21(27)29)10-25-20(28)18-2-1-7-32-18)9-17(24)19(16)26-5-3-22(4-6-26)12-34(30,31)13-22/h1-2,7-9,15H,3-6,10-13H2,(H,25,28)/t15-/m0/s1. The van der Waals surface area contributed by atoms with Gasteiger partial charge >= 0.3 is 6.09 Å². The van der Waals surface area contributed by atoms with Gasteiger partial charge in [-0.1, -0.05) is 0 Å². The molecule has 182 valence electrons. The predicted molar refractivity (Wildman–Crippen MR) is 118 cm³/mol. The molecule has 2 aromatic rings. The maximum atomic E-state index is 15.0. The number of benzene rings is 1. The van der Waals surface area contributed by atoms with Crippen LogP contribution in [0.3, 0.4) is 0 Å². The van der Waals surface area contributed by atoms with E-state index in [0.717, 1.165) is 17.0 Å². The van der Waals surface area contributed by atoms with Crippen LogP contribution in [-0.2, 0) is 14.6 Å². The molecule has 2 amide bonds. The molecule has 34 heavy (non-hydrogen) atoms. The van der Waals surface area contributed by atoms with Crippen molar-refractivity contribution in [2.75, 3.05) is 47.5 Å². The number of piperidine rings is 1. The van der Waals surface area contributed by atoms with E-state index in [-0.39, 0.29) is 47.1 Å². The monoisotopic (exact) mass is 495 g/mol. The quantitative estimate of drug-likeness (QED) is 0.678. The molecule has 4 heterocycles. The summed E-state index contributed by atoms with van der Waals surface area (Å²) >= 11 is 0. The first-order valence-corrected chi connectivity index (χ1v) is 12.7. The highest BCUT2D eigenvalue weighted by Crippen LogP contribution is 2.44. The summed E-state index contributed by atoms with van der Waals surface area (Å²) in [6, 6.07) is 5.23. The van der Waals surface area contributed by atoms with Gasteiger partial charge in [0.25, 0.3) is 5.91 Å². The van der Waals surface area contributed by atoms with Crippen LogP contribution in [-0.4, -0.2) is 64.2 Å². The summed E-state index contributed by atoms with van der Waals surface area (Å²) in [6.07, 6.45) is 0.996. The first-order chi connectivity index (χ1) is 16.1. The van der Waals surface area contributed by atoms with Crippen molar-refractivity contribution in [2.24, 2.45) is 5.41 Å². The second-order valence-electron chi connectivity index (χ2n) is 9.08. The lowest BCUT2D eigenvalue weighted by molar-refractivity contribution is 0.0889. The van der Waals surface area contributed by atoms with Crippen LogP contribution in [0.25, 0.3) is 0 Å². The van der Waals surface area contributed by atoms with E-state index in [4.69, 9.17) is 9.15 Å². The summed E-state index contributed by atoms with van der Waals surface area (Å²) in [7, 11) is -2.98. The lowest BCUT2D eigenvalue weighted by atomic mass is 9.81. The second kappa shape index (κ2) is 8.26. The Balaban J connectivity index is 1.23. The van der Waals surface area contributed by atoms with Crippen molar-refractivity contribution >= 4 is 33.2 Å². The van der Waals surface area contributed by atoms with E-state index in [1.165, 1.54) is 12.3 Å². The van der Waals surface area contributed by atoms with E-state index in [0.29, 0.717) is 25.9 Å². The van der Waals surface area contributed by atoms with Crippen molar-refractivity contribution in [1.29, 1.82) is 0 Å². The van der Waals surface area contributed by atoms with Crippen molar-refractivity contribution in [3.63, 3.8) is 0 Å². The van der Waals surface area contributed by atoms with Gasteiger partial charge in [0.15, 0.2) is 27.2 Å². The Morgan fingerprint density at radius 1 is 1.18 bits per heavy atom.